The first-order valence-corrected chi connectivity index (χ1v) is 6.17. The third-order valence-electron chi connectivity index (χ3n) is 3.19. The number of carboxylic acid groups (broad SMARTS) is 1. The van der Waals surface area contributed by atoms with Gasteiger partial charge in [-0.3, -0.25) is 9.59 Å². The van der Waals surface area contributed by atoms with Crippen LogP contribution in [0, 0.1) is 5.92 Å². The molecule has 0 spiro atoms. The average Bonchev–Trinajstić information content (AvgIpc) is 2.37. The van der Waals surface area contributed by atoms with E-state index in [1.54, 1.807) is 0 Å². The lowest BCUT2D eigenvalue weighted by Gasteiger charge is -2.31. The van der Waals surface area contributed by atoms with E-state index in [2.05, 4.69) is 5.32 Å². The minimum absolute atomic E-state index is 0.264. The second-order valence-corrected chi connectivity index (χ2v) is 4.67. The second-order valence-electron chi connectivity index (χ2n) is 4.67. The van der Waals surface area contributed by atoms with Gasteiger partial charge in [-0.1, -0.05) is 0 Å². The minimum atomic E-state index is -1.35. The molecular weight excluding hydrogens is 268 g/mol. The SMILES string of the molecule is NC(=O)CC(NC(=O)N1CCC(C(N)=O)CC1)C(=O)O. The summed E-state index contributed by atoms with van der Waals surface area (Å²) in [5.41, 5.74) is 10.1. The third-order valence-corrected chi connectivity index (χ3v) is 3.19. The van der Waals surface area contributed by atoms with Crippen molar-refractivity contribution in [1.82, 2.24) is 10.2 Å². The Bertz CT molecular complexity index is 417. The Morgan fingerprint density at radius 3 is 2.15 bits per heavy atom. The number of carbonyl (C=O) groups excluding carboxylic acids is 3. The van der Waals surface area contributed by atoms with Crippen molar-refractivity contribution >= 4 is 23.8 Å². The van der Waals surface area contributed by atoms with Crippen molar-refractivity contribution in [2.45, 2.75) is 25.3 Å². The molecule has 1 fully saturated rings. The van der Waals surface area contributed by atoms with Crippen molar-refractivity contribution in [3.8, 4) is 0 Å². The Labute approximate surface area is 115 Å². The van der Waals surface area contributed by atoms with E-state index in [1.807, 2.05) is 0 Å². The number of nitrogens with two attached hydrogens (primary N) is 2. The van der Waals surface area contributed by atoms with Crippen LogP contribution >= 0.6 is 0 Å². The van der Waals surface area contributed by atoms with Crippen LogP contribution in [0.15, 0.2) is 0 Å². The first-order valence-electron chi connectivity index (χ1n) is 6.17. The van der Waals surface area contributed by atoms with E-state index < -0.39 is 36.3 Å². The topological polar surface area (TPSA) is 156 Å². The van der Waals surface area contributed by atoms with Crippen LogP contribution in [-0.4, -0.2) is 53.0 Å². The van der Waals surface area contributed by atoms with E-state index in [0.717, 1.165) is 0 Å². The number of carboxylic acids is 1. The zero-order chi connectivity index (χ0) is 15.3. The summed E-state index contributed by atoms with van der Waals surface area (Å²) < 4.78 is 0. The molecule has 9 heteroatoms. The average molecular weight is 286 g/mol. The number of urea groups is 1. The molecule has 1 aliphatic rings. The molecule has 1 rings (SSSR count). The van der Waals surface area contributed by atoms with Crippen LogP contribution in [0.2, 0.25) is 0 Å². The molecule has 1 saturated heterocycles. The number of piperidine rings is 1. The minimum Gasteiger partial charge on any atom is -0.480 e. The standard InChI is InChI=1S/C11H18N4O5/c12-8(16)5-7(10(18)19)14-11(20)15-3-1-6(2-4-15)9(13)17/h6-7H,1-5H2,(H2,12,16)(H2,13,17)(H,14,20)(H,18,19). The number of likely N-dealkylation sites (tertiary alicyclic amines) is 1. The molecule has 1 aliphatic heterocycles. The molecule has 4 amide bonds. The highest BCUT2D eigenvalue weighted by molar-refractivity contribution is 5.87. The molecule has 20 heavy (non-hydrogen) atoms. The first-order chi connectivity index (χ1) is 9.31. The highest BCUT2D eigenvalue weighted by Crippen LogP contribution is 2.16. The lowest BCUT2D eigenvalue weighted by atomic mass is 9.96. The molecule has 0 aromatic carbocycles. The van der Waals surface area contributed by atoms with Crippen LogP contribution in [0.1, 0.15) is 19.3 Å². The van der Waals surface area contributed by atoms with Gasteiger partial charge in [-0.15, -0.1) is 0 Å². The summed E-state index contributed by atoms with van der Waals surface area (Å²) in [6, 6.07) is -1.95. The molecule has 1 unspecified atom stereocenters. The van der Waals surface area contributed by atoms with E-state index in [-0.39, 0.29) is 5.92 Å². The summed E-state index contributed by atoms with van der Waals surface area (Å²) in [5, 5.41) is 11.1. The lowest BCUT2D eigenvalue weighted by molar-refractivity contribution is -0.141. The number of nitrogens with zero attached hydrogens (tertiary/aromatic N) is 1. The molecule has 0 radical (unpaired) electrons. The van der Waals surface area contributed by atoms with E-state index in [4.69, 9.17) is 16.6 Å². The van der Waals surface area contributed by atoms with Crippen LogP contribution in [-0.2, 0) is 14.4 Å². The summed E-state index contributed by atoms with van der Waals surface area (Å²) in [7, 11) is 0. The Morgan fingerprint density at radius 2 is 1.75 bits per heavy atom. The molecule has 0 aromatic rings. The fourth-order valence-electron chi connectivity index (χ4n) is 2.01. The smallest absolute Gasteiger partial charge is 0.326 e. The van der Waals surface area contributed by atoms with Gasteiger partial charge >= 0.3 is 12.0 Å². The van der Waals surface area contributed by atoms with Gasteiger partial charge in [0, 0.05) is 19.0 Å². The quantitative estimate of drug-likeness (QED) is 0.470. The van der Waals surface area contributed by atoms with Gasteiger partial charge in [0.05, 0.1) is 6.42 Å². The predicted molar refractivity (Wildman–Crippen MR) is 67.3 cm³/mol. The number of hydrogen-bond acceptors (Lipinski definition) is 4. The number of hydrogen-bond donors (Lipinski definition) is 4. The molecule has 6 N–H and O–H groups in total. The summed E-state index contributed by atoms with van der Waals surface area (Å²) >= 11 is 0. The summed E-state index contributed by atoms with van der Waals surface area (Å²) in [5.74, 6) is -2.81. The second kappa shape index (κ2) is 6.73. The van der Waals surface area contributed by atoms with E-state index in [9.17, 15) is 19.2 Å². The van der Waals surface area contributed by atoms with Crippen LogP contribution in [0.4, 0.5) is 4.79 Å². The Hall–Kier alpha value is -2.32. The fraction of sp³-hybridized carbons (Fsp3) is 0.636. The summed E-state index contributed by atoms with van der Waals surface area (Å²) in [6.07, 6.45) is 0.408. The van der Waals surface area contributed by atoms with Crippen LogP contribution in [0.25, 0.3) is 0 Å². The molecule has 0 aromatic heterocycles. The van der Waals surface area contributed by atoms with Crippen molar-refractivity contribution in [3.63, 3.8) is 0 Å². The summed E-state index contributed by atoms with van der Waals surface area (Å²) in [4.78, 5) is 45.9. The number of amides is 4. The summed E-state index contributed by atoms with van der Waals surface area (Å²) in [6.45, 7) is 0.616. The van der Waals surface area contributed by atoms with Crippen LogP contribution in [0.3, 0.4) is 0 Å². The van der Waals surface area contributed by atoms with Gasteiger partial charge in [0.15, 0.2) is 0 Å². The van der Waals surface area contributed by atoms with Gasteiger partial charge in [-0.05, 0) is 12.8 Å². The molecule has 1 heterocycles. The normalized spacial score (nSPS) is 17.3. The molecule has 0 bridgehead atoms. The van der Waals surface area contributed by atoms with Crippen molar-refractivity contribution < 1.29 is 24.3 Å². The fourth-order valence-corrected chi connectivity index (χ4v) is 2.01. The van der Waals surface area contributed by atoms with Gasteiger partial charge < -0.3 is 26.8 Å². The zero-order valence-corrected chi connectivity index (χ0v) is 10.9. The van der Waals surface area contributed by atoms with Crippen LogP contribution < -0.4 is 16.8 Å². The Balaban J connectivity index is 2.52. The maximum Gasteiger partial charge on any atom is 0.326 e. The van der Waals surface area contributed by atoms with Crippen molar-refractivity contribution in [2.24, 2.45) is 17.4 Å². The zero-order valence-electron chi connectivity index (χ0n) is 10.9. The Morgan fingerprint density at radius 1 is 1.20 bits per heavy atom. The number of carbonyl (C=O) groups is 4. The highest BCUT2D eigenvalue weighted by Gasteiger charge is 2.29. The van der Waals surface area contributed by atoms with Crippen LogP contribution in [0.5, 0.6) is 0 Å². The van der Waals surface area contributed by atoms with Gasteiger partial charge in [-0.2, -0.15) is 0 Å². The van der Waals surface area contributed by atoms with E-state index in [1.165, 1.54) is 4.90 Å². The Kier molecular flexibility index (Phi) is 5.30. The molecule has 9 nitrogen and oxygen atoms in total. The van der Waals surface area contributed by atoms with Gasteiger partial charge in [0.2, 0.25) is 11.8 Å². The maximum atomic E-state index is 11.9. The third kappa shape index (κ3) is 4.41. The first kappa shape index (κ1) is 15.7. The van der Waals surface area contributed by atoms with Crippen molar-refractivity contribution in [3.05, 3.63) is 0 Å². The monoisotopic (exact) mass is 286 g/mol. The number of primary amides is 2. The number of aliphatic carboxylic acids is 1. The highest BCUT2D eigenvalue weighted by atomic mass is 16.4. The molecule has 1 atom stereocenters. The van der Waals surface area contributed by atoms with Gasteiger partial charge in [0.1, 0.15) is 6.04 Å². The lowest BCUT2D eigenvalue weighted by Crippen LogP contribution is -2.51. The number of nitrogens with one attached hydrogen (secondary N) is 1. The largest absolute Gasteiger partial charge is 0.480 e. The maximum absolute atomic E-state index is 11.9. The molecule has 112 valence electrons. The van der Waals surface area contributed by atoms with Crippen molar-refractivity contribution in [1.29, 1.82) is 0 Å². The molecular formula is C11H18N4O5. The molecule has 0 saturated carbocycles. The van der Waals surface area contributed by atoms with Gasteiger partial charge in [0.25, 0.3) is 0 Å². The number of rotatable bonds is 5. The molecule has 0 aliphatic carbocycles. The van der Waals surface area contributed by atoms with E-state index in [0.29, 0.717) is 25.9 Å². The van der Waals surface area contributed by atoms with Gasteiger partial charge in [-0.25, -0.2) is 9.59 Å². The van der Waals surface area contributed by atoms with Crippen molar-refractivity contribution in [2.75, 3.05) is 13.1 Å². The van der Waals surface area contributed by atoms with E-state index >= 15 is 0 Å². The predicted octanol–water partition coefficient (Wildman–Crippen LogP) is -1.78.